The van der Waals surface area contributed by atoms with Crippen LogP contribution in [0.4, 0.5) is 0 Å². The summed E-state index contributed by atoms with van der Waals surface area (Å²) < 4.78 is 0. The molecule has 1 heteroatoms. The van der Waals surface area contributed by atoms with Crippen LogP contribution in [0.25, 0.3) is 0 Å². The molecule has 1 aliphatic carbocycles. The van der Waals surface area contributed by atoms with E-state index in [1.807, 2.05) is 0 Å². The lowest BCUT2D eigenvalue weighted by atomic mass is 10.3. The van der Waals surface area contributed by atoms with Crippen molar-refractivity contribution in [3.05, 3.63) is 23.9 Å². The summed E-state index contributed by atoms with van der Waals surface area (Å²) in [6, 6.07) is 0. The summed E-state index contributed by atoms with van der Waals surface area (Å²) in [7, 11) is 0. The van der Waals surface area contributed by atoms with Crippen LogP contribution in [0, 0.1) is 0 Å². The van der Waals surface area contributed by atoms with E-state index >= 15 is 0 Å². The largest absolute Gasteiger partial charge is 0.375 e. The lowest BCUT2D eigenvalue weighted by Gasteiger charge is -2.21. The summed E-state index contributed by atoms with van der Waals surface area (Å²) in [4.78, 5) is 2.39. The van der Waals surface area contributed by atoms with E-state index in [9.17, 15) is 0 Å². The fourth-order valence-electron chi connectivity index (χ4n) is 1.30. The highest BCUT2D eigenvalue weighted by molar-refractivity contribution is 5.21. The quantitative estimate of drug-likeness (QED) is 0.576. The molecule has 1 rings (SSSR count). The summed E-state index contributed by atoms with van der Waals surface area (Å²) in [5.41, 5.74) is 1.46. The standard InChI is InChI=1S/C9H15N/c1-3-10(4-2)9-7-5-6-8-9/h5-7H,3-4,8H2,1-2H3. The zero-order chi connectivity index (χ0) is 7.40. The zero-order valence-corrected chi connectivity index (χ0v) is 6.80. The minimum absolute atomic E-state index is 1.13. The van der Waals surface area contributed by atoms with Gasteiger partial charge >= 0.3 is 0 Å². The number of hydrogen-bond acceptors (Lipinski definition) is 1. The Bertz CT molecular complexity index is 152. The van der Waals surface area contributed by atoms with Crippen LogP contribution in [0.15, 0.2) is 23.9 Å². The van der Waals surface area contributed by atoms with Gasteiger partial charge < -0.3 is 4.90 Å². The van der Waals surface area contributed by atoms with Crippen LogP contribution in [0.2, 0.25) is 0 Å². The van der Waals surface area contributed by atoms with Gasteiger partial charge in [0.05, 0.1) is 0 Å². The van der Waals surface area contributed by atoms with Crippen LogP contribution < -0.4 is 0 Å². The van der Waals surface area contributed by atoms with Crippen molar-refractivity contribution in [2.45, 2.75) is 20.3 Å². The highest BCUT2D eigenvalue weighted by Gasteiger charge is 2.04. The Kier molecular flexibility index (Phi) is 2.55. The van der Waals surface area contributed by atoms with E-state index in [0.29, 0.717) is 0 Å². The van der Waals surface area contributed by atoms with Crippen LogP contribution in [0.1, 0.15) is 20.3 Å². The molecule has 0 aromatic heterocycles. The van der Waals surface area contributed by atoms with E-state index in [1.54, 1.807) is 0 Å². The highest BCUT2D eigenvalue weighted by Crippen LogP contribution is 2.14. The normalized spacial score (nSPS) is 15.6. The molecule has 0 spiro atoms. The van der Waals surface area contributed by atoms with Crippen molar-refractivity contribution in [3.63, 3.8) is 0 Å². The lowest BCUT2D eigenvalue weighted by Crippen LogP contribution is -2.20. The molecule has 0 N–H and O–H groups in total. The first-order chi connectivity index (χ1) is 4.88. The van der Waals surface area contributed by atoms with E-state index in [-0.39, 0.29) is 0 Å². The van der Waals surface area contributed by atoms with Crippen LogP contribution >= 0.6 is 0 Å². The second kappa shape index (κ2) is 3.45. The predicted octanol–water partition coefficient (Wildman–Crippen LogP) is 2.17. The molecule has 1 nitrogen and oxygen atoms in total. The van der Waals surface area contributed by atoms with Gasteiger partial charge in [0.25, 0.3) is 0 Å². The lowest BCUT2D eigenvalue weighted by molar-refractivity contribution is 0.378. The maximum absolute atomic E-state index is 2.39. The second-order valence-electron chi connectivity index (χ2n) is 2.46. The Labute approximate surface area is 63.0 Å². The average Bonchev–Trinajstić information content (AvgIpc) is 2.43. The van der Waals surface area contributed by atoms with Crippen LogP contribution in [-0.4, -0.2) is 18.0 Å². The van der Waals surface area contributed by atoms with Gasteiger partial charge in [-0.15, -0.1) is 0 Å². The van der Waals surface area contributed by atoms with E-state index in [2.05, 4.69) is 37.0 Å². The van der Waals surface area contributed by atoms with Gasteiger partial charge in [0.1, 0.15) is 0 Å². The van der Waals surface area contributed by atoms with Crippen molar-refractivity contribution in [2.75, 3.05) is 13.1 Å². The Balaban J connectivity index is 2.47. The molecule has 0 aliphatic heterocycles. The topological polar surface area (TPSA) is 3.24 Å². The number of allylic oxidation sites excluding steroid dienone is 3. The van der Waals surface area contributed by atoms with Gasteiger partial charge in [-0.2, -0.15) is 0 Å². The summed E-state index contributed by atoms with van der Waals surface area (Å²) >= 11 is 0. The molecular formula is C9H15N. The SMILES string of the molecule is CCN(CC)C1=CC=CC1. The third kappa shape index (κ3) is 1.41. The van der Waals surface area contributed by atoms with Gasteiger partial charge in [-0.25, -0.2) is 0 Å². The number of nitrogens with zero attached hydrogens (tertiary/aromatic N) is 1. The van der Waals surface area contributed by atoms with E-state index in [1.165, 1.54) is 5.70 Å². The molecule has 0 aromatic rings. The first-order valence-electron chi connectivity index (χ1n) is 3.99. The molecular weight excluding hydrogens is 122 g/mol. The Morgan fingerprint density at radius 3 is 2.50 bits per heavy atom. The summed E-state index contributed by atoms with van der Waals surface area (Å²) in [5, 5.41) is 0. The minimum atomic E-state index is 1.13. The van der Waals surface area contributed by atoms with Crippen molar-refractivity contribution < 1.29 is 0 Å². The first-order valence-corrected chi connectivity index (χ1v) is 3.99. The van der Waals surface area contributed by atoms with E-state index in [4.69, 9.17) is 0 Å². The van der Waals surface area contributed by atoms with Crippen LogP contribution in [0.5, 0.6) is 0 Å². The molecule has 0 atom stereocenters. The molecule has 0 saturated heterocycles. The molecule has 0 fully saturated rings. The monoisotopic (exact) mass is 137 g/mol. The fraction of sp³-hybridized carbons (Fsp3) is 0.556. The Morgan fingerprint density at radius 1 is 1.40 bits per heavy atom. The van der Waals surface area contributed by atoms with Crippen molar-refractivity contribution in [1.29, 1.82) is 0 Å². The van der Waals surface area contributed by atoms with E-state index in [0.717, 1.165) is 19.5 Å². The van der Waals surface area contributed by atoms with Gasteiger partial charge in [0, 0.05) is 25.2 Å². The second-order valence-corrected chi connectivity index (χ2v) is 2.46. The van der Waals surface area contributed by atoms with Gasteiger partial charge in [-0.05, 0) is 19.9 Å². The molecule has 10 heavy (non-hydrogen) atoms. The first kappa shape index (κ1) is 7.39. The number of rotatable bonds is 3. The van der Waals surface area contributed by atoms with Crippen LogP contribution in [-0.2, 0) is 0 Å². The summed E-state index contributed by atoms with van der Waals surface area (Å²) in [5.74, 6) is 0. The molecule has 0 bridgehead atoms. The van der Waals surface area contributed by atoms with Crippen molar-refractivity contribution in [2.24, 2.45) is 0 Å². The van der Waals surface area contributed by atoms with Crippen LogP contribution in [0.3, 0.4) is 0 Å². The smallest absolute Gasteiger partial charge is 0.0171 e. The fourth-order valence-corrected chi connectivity index (χ4v) is 1.30. The van der Waals surface area contributed by atoms with E-state index < -0.39 is 0 Å². The summed E-state index contributed by atoms with van der Waals surface area (Å²) in [6.45, 7) is 6.65. The highest BCUT2D eigenvalue weighted by atomic mass is 15.1. The predicted molar refractivity (Wildman–Crippen MR) is 44.8 cm³/mol. The van der Waals surface area contributed by atoms with Crippen molar-refractivity contribution in [1.82, 2.24) is 4.90 Å². The average molecular weight is 137 g/mol. The van der Waals surface area contributed by atoms with Crippen molar-refractivity contribution >= 4 is 0 Å². The van der Waals surface area contributed by atoms with Gasteiger partial charge in [0.2, 0.25) is 0 Å². The summed E-state index contributed by atoms with van der Waals surface area (Å²) in [6.07, 6.45) is 7.66. The maximum Gasteiger partial charge on any atom is 0.0171 e. The third-order valence-corrected chi connectivity index (χ3v) is 1.92. The molecule has 0 saturated carbocycles. The maximum atomic E-state index is 2.39. The molecule has 0 heterocycles. The molecule has 0 radical (unpaired) electrons. The minimum Gasteiger partial charge on any atom is -0.375 e. The van der Waals surface area contributed by atoms with Gasteiger partial charge in [0.15, 0.2) is 0 Å². The van der Waals surface area contributed by atoms with Gasteiger partial charge in [-0.1, -0.05) is 12.2 Å². The molecule has 1 aliphatic rings. The van der Waals surface area contributed by atoms with Gasteiger partial charge in [-0.3, -0.25) is 0 Å². The molecule has 0 unspecified atom stereocenters. The zero-order valence-electron chi connectivity index (χ0n) is 6.80. The number of hydrogen-bond donors (Lipinski definition) is 0. The van der Waals surface area contributed by atoms with Crippen molar-refractivity contribution in [3.8, 4) is 0 Å². The third-order valence-electron chi connectivity index (χ3n) is 1.92. The Hall–Kier alpha value is -0.720. The molecule has 56 valence electrons. The molecule has 0 aromatic carbocycles. The Morgan fingerprint density at radius 2 is 2.10 bits per heavy atom. The molecule has 0 amide bonds.